The summed E-state index contributed by atoms with van der Waals surface area (Å²) in [5.74, 6) is -0.629. The Bertz CT molecular complexity index is 1090. The number of amides is 1. The highest BCUT2D eigenvalue weighted by Gasteiger charge is 2.33. The predicted molar refractivity (Wildman–Crippen MR) is 96.4 cm³/mol. The van der Waals surface area contributed by atoms with E-state index in [0.717, 1.165) is 12.1 Å². The third-order valence-electron chi connectivity index (χ3n) is 4.87. The smallest absolute Gasteiger partial charge is 0.253 e. The van der Waals surface area contributed by atoms with E-state index in [0.29, 0.717) is 42.5 Å². The van der Waals surface area contributed by atoms with E-state index in [1.165, 1.54) is 12.1 Å². The number of sulfone groups is 1. The minimum absolute atomic E-state index is 0.116. The van der Waals surface area contributed by atoms with Gasteiger partial charge in [-0.2, -0.15) is 15.4 Å². The molecular weight excluding hydrogens is 371 g/mol. The number of hydrogen-bond acceptors (Lipinski definition) is 5. The van der Waals surface area contributed by atoms with E-state index in [1.807, 2.05) is 0 Å². The van der Waals surface area contributed by atoms with Crippen LogP contribution in [0, 0.1) is 5.82 Å². The lowest BCUT2D eigenvalue weighted by atomic mass is 10.1. The molecular formula is C18H17FN4O3S. The van der Waals surface area contributed by atoms with Crippen LogP contribution in [0.2, 0.25) is 0 Å². The topological polar surface area (TPSA) is 96.0 Å². The molecule has 0 saturated carbocycles. The number of aromatic nitrogens is 3. The van der Waals surface area contributed by atoms with Crippen LogP contribution < -0.4 is 0 Å². The Kier molecular flexibility index (Phi) is 4.39. The monoisotopic (exact) mass is 388 g/mol. The SMILES string of the molecule is O=C(c1ccc2n[nH]nc2c1)N1CCC(S(=O)(=O)c2ccc(F)cc2)CC1. The molecule has 2 aromatic carbocycles. The fraction of sp³-hybridized carbons (Fsp3) is 0.278. The Balaban J connectivity index is 1.46. The summed E-state index contributed by atoms with van der Waals surface area (Å²) < 4.78 is 38.5. The third kappa shape index (κ3) is 3.30. The molecule has 0 unspecified atom stereocenters. The van der Waals surface area contributed by atoms with Crippen LogP contribution in [0.5, 0.6) is 0 Å². The lowest BCUT2D eigenvalue weighted by Gasteiger charge is -2.31. The van der Waals surface area contributed by atoms with Gasteiger partial charge in [-0.25, -0.2) is 12.8 Å². The molecule has 2 heterocycles. The molecule has 1 fully saturated rings. The van der Waals surface area contributed by atoms with E-state index >= 15 is 0 Å². The van der Waals surface area contributed by atoms with Gasteiger partial charge in [0.15, 0.2) is 9.84 Å². The molecule has 9 heteroatoms. The Morgan fingerprint density at radius 1 is 1.04 bits per heavy atom. The molecule has 1 aliphatic rings. The zero-order valence-electron chi connectivity index (χ0n) is 14.3. The van der Waals surface area contributed by atoms with Gasteiger partial charge < -0.3 is 4.90 Å². The molecule has 0 aliphatic carbocycles. The van der Waals surface area contributed by atoms with Crippen molar-refractivity contribution < 1.29 is 17.6 Å². The minimum atomic E-state index is -3.54. The Morgan fingerprint density at radius 3 is 2.41 bits per heavy atom. The number of hydrogen-bond donors (Lipinski definition) is 1. The number of piperidine rings is 1. The second kappa shape index (κ2) is 6.73. The van der Waals surface area contributed by atoms with Crippen molar-refractivity contribution in [2.45, 2.75) is 23.0 Å². The van der Waals surface area contributed by atoms with Crippen LogP contribution in [-0.2, 0) is 9.84 Å². The number of likely N-dealkylation sites (tertiary alicyclic amines) is 1. The number of aromatic amines is 1. The standard InChI is InChI=1S/C18H17FN4O3S/c19-13-2-4-14(5-3-13)27(25,26)15-7-9-23(10-8-15)18(24)12-1-6-16-17(11-12)21-22-20-16/h1-6,11,15H,7-10H2,(H,20,21,22). The highest BCUT2D eigenvalue weighted by atomic mass is 32.2. The lowest BCUT2D eigenvalue weighted by molar-refractivity contribution is 0.0726. The first-order valence-electron chi connectivity index (χ1n) is 8.54. The second-order valence-corrected chi connectivity index (χ2v) is 8.75. The molecule has 1 amide bonds. The molecule has 1 saturated heterocycles. The van der Waals surface area contributed by atoms with Crippen LogP contribution >= 0.6 is 0 Å². The number of nitrogens with zero attached hydrogens (tertiary/aromatic N) is 3. The van der Waals surface area contributed by atoms with Gasteiger partial charge in [-0.05, 0) is 55.3 Å². The summed E-state index contributed by atoms with van der Waals surface area (Å²) in [5.41, 5.74) is 1.78. The van der Waals surface area contributed by atoms with Gasteiger partial charge in [-0.1, -0.05) is 0 Å². The highest BCUT2D eigenvalue weighted by molar-refractivity contribution is 7.92. The van der Waals surface area contributed by atoms with Crippen LogP contribution in [-0.4, -0.2) is 53.0 Å². The molecule has 1 aliphatic heterocycles. The lowest BCUT2D eigenvalue weighted by Crippen LogP contribution is -2.42. The van der Waals surface area contributed by atoms with Gasteiger partial charge in [0.25, 0.3) is 5.91 Å². The van der Waals surface area contributed by atoms with E-state index < -0.39 is 20.9 Å². The van der Waals surface area contributed by atoms with Crippen molar-refractivity contribution in [3.8, 4) is 0 Å². The number of rotatable bonds is 3. The zero-order chi connectivity index (χ0) is 19.0. The van der Waals surface area contributed by atoms with E-state index in [-0.39, 0.29) is 10.8 Å². The molecule has 0 spiro atoms. The molecule has 1 aromatic heterocycles. The van der Waals surface area contributed by atoms with E-state index in [2.05, 4.69) is 15.4 Å². The van der Waals surface area contributed by atoms with Gasteiger partial charge in [0, 0.05) is 18.7 Å². The average Bonchev–Trinajstić information content (AvgIpc) is 3.15. The fourth-order valence-corrected chi connectivity index (χ4v) is 5.07. The maximum absolute atomic E-state index is 13.0. The summed E-state index contributed by atoms with van der Waals surface area (Å²) in [6, 6.07) is 9.94. The largest absolute Gasteiger partial charge is 0.339 e. The number of nitrogens with one attached hydrogen (secondary N) is 1. The second-order valence-electron chi connectivity index (χ2n) is 6.52. The fourth-order valence-electron chi connectivity index (χ4n) is 3.34. The number of carbonyl (C=O) groups excluding carboxylic acids is 1. The summed E-state index contributed by atoms with van der Waals surface area (Å²) in [7, 11) is -3.54. The Hall–Kier alpha value is -2.81. The molecule has 140 valence electrons. The van der Waals surface area contributed by atoms with Gasteiger partial charge in [-0.15, -0.1) is 0 Å². The van der Waals surface area contributed by atoms with Crippen LogP contribution in [0.15, 0.2) is 47.4 Å². The zero-order valence-corrected chi connectivity index (χ0v) is 15.1. The first-order valence-corrected chi connectivity index (χ1v) is 10.1. The van der Waals surface area contributed by atoms with Crippen molar-refractivity contribution in [2.75, 3.05) is 13.1 Å². The summed E-state index contributed by atoms with van der Waals surface area (Å²) in [6.45, 7) is 0.696. The number of H-pyrrole nitrogens is 1. The van der Waals surface area contributed by atoms with Gasteiger partial charge in [0.05, 0.1) is 10.1 Å². The number of carbonyl (C=O) groups is 1. The van der Waals surface area contributed by atoms with Gasteiger partial charge >= 0.3 is 0 Å². The molecule has 4 rings (SSSR count). The quantitative estimate of drug-likeness (QED) is 0.694. The average molecular weight is 388 g/mol. The number of halogens is 1. The Labute approximate surface area is 155 Å². The van der Waals surface area contributed by atoms with Crippen molar-refractivity contribution in [2.24, 2.45) is 0 Å². The van der Waals surface area contributed by atoms with Crippen LogP contribution in [0.4, 0.5) is 4.39 Å². The van der Waals surface area contributed by atoms with E-state index in [9.17, 15) is 17.6 Å². The van der Waals surface area contributed by atoms with Crippen molar-refractivity contribution in [1.82, 2.24) is 20.3 Å². The first kappa shape index (κ1) is 17.6. The molecule has 7 nitrogen and oxygen atoms in total. The van der Waals surface area contributed by atoms with Crippen LogP contribution in [0.3, 0.4) is 0 Å². The van der Waals surface area contributed by atoms with E-state index in [4.69, 9.17) is 0 Å². The van der Waals surface area contributed by atoms with Gasteiger partial charge in [-0.3, -0.25) is 4.79 Å². The summed E-state index contributed by atoms with van der Waals surface area (Å²) in [4.78, 5) is 14.5. The van der Waals surface area contributed by atoms with E-state index in [1.54, 1.807) is 23.1 Å². The van der Waals surface area contributed by atoms with Gasteiger partial charge in [0.2, 0.25) is 0 Å². The molecule has 3 aromatic rings. The molecule has 0 radical (unpaired) electrons. The summed E-state index contributed by atoms with van der Waals surface area (Å²) in [5, 5.41) is 9.86. The Morgan fingerprint density at radius 2 is 1.70 bits per heavy atom. The van der Waals surface area contributed by atoms with Crippen molar-refractivity contribution >= 4 is 26.8 Å². The van der Waals surface area contributed by atoms with Gasteiger partial charge in [0.1, 0.15) is 16.9 Å². The minimum Gasteiger partial charge on any atom is -0.339 e. The summed E-state index contributed by atoms with van der Waals surface area (Å²) in [6.07, 6.45) is 0.690. The van der Waals surface area contributed by atoms with Crippen molar-refractivity contribution in [3.05, 3.63) is 53.8 Å². The normalized spacial score (nSPS) is 16.0. The van der Waals surface area contributed by atoms with Crippen molar-refractivity contribution in [1.29, 1.82) is 0 Å². The number of fused-ring (bicyclic) bond motifs is 1. The van der Waals surface area contributed by atoms with Crippen LogP contribution in [0.25, 0.3) is 11.0 Å². The maximum atomic E-state index is 13.0. The molecule has 27 heavy (non-hydrogen) atoms. The van der Waals surface area contributed by atoms with Crippen LogP contribution in [0.1, 0.15) is 23.2 Å². The maximum Gasteiger partial charge on any atom is 0.253 e. The molecule has 0 atom stereocenters. The summed E-state index contributed by atoms with van der Waals surface area (Å²) >= 11 is 0. The predicted octanol–water partition coefficient (Wildman–Crippen LogP) is 2.18. The molecule has 0 bridgehead atoms. The number of benzene rings is 2. The van der Waals surface area contributed by atoms with Crippen molar-refractivity contribution in [3.63, 3.8) is 0 Å². The first-order chi connectivity index (χ1) is 12.9. The highest BCUT2D eigenvalue weighted by Crippen LogP contribution is 2.26. The third-order valence-corrected chi connectivity index (χ3v) is 7.15. The molecule has 1 N–H and O–H groups in total.